The predicted molar refractivity (Wildman–Crippen MR) is 137 cm³/mol. The Hall–Kier alpha value is -1.03. The quantitative estimate of drug-likeness (QED) is 0.327. The highest BCUT2D eigenvalue weighted by atomic mass is 127. The minimum Gasteiger partial charge on any atom is -0.356 e. The predicted octanol–water partition coefficient (Wildman–Crippen LogP) is 3.77. The van der Waals surface area contributed by atoms with Gasteiger partial charge in [-0.2, -0.15) is 11.8 Å². The van der Waals surface area contributed by atoms with E-state index in [9.17, 15) is 9.18 Å². The van der Waals surface area contributed by atoms with Crippen LogP contribution < -0.4 is 10.6 Å². The number of rotatable bonds is 5. The summed E-state index contributed by atoms with van der Waals surface area (Å²) in [4.78, 5) is 19.2. The summed E-state index contributed by atoms with van der Waals surface area (Å²) in [5.41, 5.74) is 0.697. The molecule has 1 aromatic rings. The van der Waals surface area contributed by atoms with Gasteiger partial charge in [0.25, 0.3) is 0 Å². The van der Waals surface area contributed by atoms with Crippen LogP contribution in [-0.2, 0) is 10.2 Å². The summed E-state index contributed by atoms with van der Waals surface area (Å²) in [6.45, 7) is 2.50. The van der Waals surface area contributed by atoms with Gasteiger partial charge in [0.15, 0.2) is 5.96 Å². The minimum atomic E-state index is -0.116. The molecule has 2 aliphatic carbocycles. The number of hydrogen-bond donors (Lipinski definition) is 2. The maximum Gasteiger partial charge on any atom is 0.225 e. The summed E-state index contributed by atoms with van der Waals surface area (Å²) in [6, 6.07) is 7.44. The Morgan fingerprint density at radius 2 is 1.87 bits per heavy atom. The third-order valence-electron chi connectivity index (χ3n) is 6.86. The molecule has 5 nitrogen and oxygen atoms in total. The van der Waals surface area contributed by atoms with Crippen LogP contribution in [0.25, 0.3) is 0 Å². The number of guanidine groups is 1. The molecule has 0 aromatic heterocycles. The zero-order valence-corrected chi connectivity index (χ0v) is 21.4. The molecular weight excluding hydrogens is 526 g/mol. The van der Waals surface area contributed by atoms with Crippen molar-refractivity contribution in [2.45, 2.75) is 50.0 Å². The summed E-state index contributed by atoms with van der Waals surface area (Å²) < 4.78 is 14.2. The molecule has 4 rings (SSSR count). The van der Waals surface area contributed by atoms with Gasteiger partial charge in [-0.25, -0.2) is 4.39 Å². The fourth-order valence-corrected chi connectivity index (χ4v) is 5.65. The van der Waals surface area contributed by atoms with Crippen molar-refractivity contribution in [2.24, 2.45) is 10.9 Å². The number of halogens is 2. The van der Waals surface area contributed by atoms with E-state index in [2.05, 4.69) is 20.5 Å². The van der Waals surface area contributed by atoms with Crippen LogP contribution in [0.3, 0.4) is 0 Å². The molecule has 0 atom stereocenters. The summed E-state index contributed by atoms with van der Waals surface area (Å²) in [7, 11) is 1.78. The van der Waals surface area contributed by atoms with Crippen LogP contribution in [0.1, 0.15) is 44.1 Å². The average molecular weight is 561 g/mol. The molecule has 1 saturated heterocycles. The van der Waals surface area contributed by atoms with Crippen molar-refractivity contribution in [1.29, 1.82) is 0 Å². The van der Waals surface area contributed by atoms with Crippen molar-refractivity contribution >= 4 is 47.6 Å². The van der Waals surface area contributed by atoms with Crippen LogP contribution in [0, 0.1) is 11.7 Å². The van der Waals surface area contributed by atoms with Gasteiger partial charge in [-0.3, -0.25) is 9.79 Å². The Morgan fingerprint density at radius 1 is 1.19 bits per heavy atom. The smallest absolute Gasteiger partial charge is 0.225 e. The third kappa shape index (κ3) is 6.06. The largest absolute Gasteiger partial charge is 0.356 e. The number of nitrogens with one attached hydrogen (secondary N) is 2. The summed E-state index contributed by atoms with van der Waals surface area (Å²) >= 11 is 1.94. The van der Waals surface area contributed by atoms with Gasteiger partial charge < -0.3 is 15.5 Å². The van der Waals surface area contributed by atoms with Crippen LogP contribution in [0.15, 0.2) is 29.3 Å². The zero-order valence-electron chi connectivity index (χ0n) is 18.2. The zero-order chi connectivity index (χ0) is 21.0. The summed E-state index contributed by atoms with van der Waals surface area (Å²) in [6.07, 6.45) is 5.85. The molecule has 172 valence electrons. The van der Waals surface area contributed by atoms with E-state index in [-0.39, 0.29) is 41.1 Å². The Kier molecular flexibility index (Phi) is 8.90. The van der Waals surface area contributed by atoms with Gasteiger partial charge in [-0.1, -0.05) is 18.2 Å². The summed E-state index contributed by atoms with van der Waals surface area (Å²) in [5.74, 6) is 3.34. The lowest BCUT2D eigenvalue weighted by Crippen LogP contribution is -2.48. The highest BCUT2D eigenvalue weighted by Crippen LogP contribution is 2.48. The maximum atomic E-state index is 14.2. The molecule has 31 heavy (non-hydrogen) atoms. The molecular formula is C23H34FIN4OS. The summed E-state index contributed by atoms with van der Waals surface area (Å²) in [5, 5.41) is 6.95. The van der Waals surface area contributed by atoms with Gasteiger partial charge in [0.2, 0.25) is 5.91 Å². The molecule has 3 fully saturated rings. The van der Waals surface area contributed by atoms with Crippen LogP contribution in [0.2, 0.25) is 0 Å². The fourth-order valence-electron chi connectivity index (χ4n) is 4.75. The van der Waals surface area contributed by atoms with Crippen LogP contribution in [-0.4, -0.2) is 61.0 Å². The number of carbonyl (C=O) groups excluding carboxylic acids is 1. The molecule has 2 saturated carbocycles. The number of carbonyl (C=O) groups is 1. The van der Waals surface area contributed by atoms with E-state index in [1.54, 1.807) is 19.2 Å². The SMILES string of the molecule is CN=C(NCC1(c2ccccc2F)CC1)NC1CCC(C(=O)N2CCSCC2)CC1.I. The van der Waals surface area contributed by atoms with Gasteiger partial charge in [-0.15, -0.1) is 24.0 Å². The minimum absolute atomic E-state index is 0. The lowest BCUT2D eigenvalue weighted by atomic mass is 9.85. The molecule has 3 aliphatic rings. The van der Waals surface area contributed by atoms with E-state index in [1.165, 1.54) is 0 Å². The lowest BCUT2D eigenvalue weighted by molar-refractivity contribution is -0.136. The standard InChI is InChI=1S/C23H33FN4OS.HI/c1-25-22(26-16-23(10-11-23)19-4-2-3-5-20(19)24)27-18-8-6-17(7-9-18)21(29)28-12-14-30-15-13-28;/h2-5,17-18H,6-16H2,1H3,(H2,25,26,27);1H. The van der Waals surface area contributed by atoms with Crippen molar-refractivity contribution in [2.75, 3.05) is 38.2 Å². The highest BCUT2D eigenvalue weighted by Gasteiger charge is 2.46. The van der Waals surface area contributed by atoms with E-state index in [1.807, 2.05) is 23.9 Å². The van der Waals surface area contributed by atoms with Gasteiger partial charge in [0.1, 0.15) is 5.82 Å². The molecule has 1 heterocycles. The van der Waals surface area contributed by atoms with Gasteiger partial charge in [0.05, 0.1) is 0 Å². The van der Waals surface area contributed by atoms with E-state index in [4.69, 9.17) is 0 Å². The first-order valence-electron chi connectivity index (χ1n) is 11.2. The molecule has 1 aliphatic heterocycles. The van der Waals surface area contributed by atoms with Crippen molar-refractivity contribution in [3.8, 4) is 0 Å². The molecule has 2 N–H and O–H groups in total. The molecule has 0 unspecified atom stereocenters. The van der Waals surface area contributed by atoms with E-state index in [0.29, 0.717) is 18.5 Å². The molecule has 0 radical (unpaired) electrons. The maximum absolute atomic E-state index is 14.2. The molecule has 0 bridgehead atoms. The van der Waals surface area contributed by atoms with Crippen LogP contribution >= 0.6 is 35.7 Å². The van der Waals surface area contributed by atoms with E-state index in [0.717, 1.165) is 74.6 Å². The van der Waals surface area contributed by atoms with E-state index >= 15 is 0 Å². The number of hydrogen-bond acceptors (Lipinski definition) is 3. The number of benzene rings is 1. The first-order chi connectivity index (χ1) is 14.6. The Morgan fingerprint density at radius 3 is 2.48 bits per heavy atom. The molecule has 0 spiro atoms. The van der Waals surface area contributed by atoms with Crippen molar-refractivity contribution in [3.63, 3.8) is 0 Å². The first-order valence-corrected chi connectivity index (χ1v) is 12.4. The Labute approximate surface area is 206 Å². The van der Waals surface area contributed by atoms with Crippen molar-refractivity contribution < 1.29 is 9.18 Å². The number of aliphatic imine (C=N–C) groups is 1. The highest BCUT2D eigenvalue weighted by molar-refractivity contribution is 14.0. The van der Waals surface area contributed by atoms with Crippen LogP contribution in [0.4, 0.5) is 4.39 Å². The van der Waals surface area contributed by atoms with Crippen LogP contribution in [0.5, 0.6) is 0 Å². The van der Waals surface area contributed by atoms with Gasteiger partial charge >= 0.3 is 0 Å². The number of nitrogens with zero attached hydrogens (tertiary/aromatic N) is 2. The Bertz CT molecular complexity index is 775. The molecule has 1 amide bonds. The second kappa shape index (κ2) is 11.2. The second-order valence-electron chi connectivity index (χ2n) is 8.82. The average Bonchev–Trinajstić information content (AvgIpc) is 3.58. The van der Waals surface area contributed by atoms with Gasteiger partial charge in [-0.05, 0) is 50.2 Å². The molecule has 8 heteroatoms. The number of thioether (sulfide) groups is 1. The first kappa shape index (κ1) is 24.6. The monoisotopic (exact) mass is 560 g/mol. The van der Waals surface area contributed by atoms with Crippen molar-refractivity contribution in [3.05, 3.63) is 35.6 Å². The second-order valence-corrected chi connectivity index (χ2v) is 10.0. The fraction of sp³-hybridized carbons (Fsp3) is 0.652. The van der Waals surface area contributed by atoms with E-state index < -0.39 is 0 Å². The normalized spacial score (nSPS) is 25.4. The molecule has 1 aromatic carbocycles. The van der Waals surface area contributed by atoms with Crippen molar-refractivity contribution in [1.82, 2.24) is 15.5 Å². The lowest BCUT2D eigenvalue weighted by Gasteiger charge is -2.34. The Balaban J connectivity index is 0.00000272. The van der Waals surface area contributed by atoms with Gasteiger partial charge in [0, 0.05) is 55.6 Å². The number of amides is 1. The third-order valence-corrected chi connectivity index (χ3v) is 7.80. The topological polar surface area (TPSA) is 56.7 Å².